The normalized spacial score (nSPS) is 12.2. The van der Waals surface area contributed by atoms with E-state index < -0.39 is 0 Å². The number of carbonyl (C=O) groups is 1. The number of hydrogen-bond acceptors (Lipinski definition) is 2. The van der Waals surface area contributed by atoms with Gasteiger partial charge in [0.15, 0.2) is 0 Å². The van der Waals surface area contributed by atoms with Gasteiger partial charge in [-0.3, -0.25) is 4.79 Å². The van der Waals surface area contributed by atoms with Crippen molar-refractivity contribution in [2.24, 2.45) is 0 Å². The van der Waals surface area contributed by atoms with Crippen LogP contribution in [0.15, 0.2) is 48.3 Å². The predicted octanol–water partition coefficient (Wildman–Crippen LogP) is 5.71. The zero-order valence-electron chi connectivity index (χ0n) is 15.1. The van der Waals surface area contributed by atoms with Crippen LogP contribution in [-0.4, -0.2) is 12.6 Å². The summed E-state index contributed by atoms with van der Waals surface area (Å²) in [5, 5.41) is 0. The number of aryl methyl sites for hydroxylation is 2. The maximum absolute atomic E-state index is 14.3. The van der Waals surface area contributed by atoms with Gasteiger partial charge in [-0.05, 0) is 55.5 Å². The quantitative estimate of drug-likeness (QED) is 0.450. The van der Waals surface area contributed by atoms with E-state index in [0.717, 1.165) is 34.3 Å². The third-order valence-electron chi connectivity index (χ3n) is 3.62. The van der Waals surface area contributed by atoms with E-state index in [0.29, 0.717) is 6.61 Å². The summed E-state index contributed by atoms with van der Waals surface area (Å²) in [5.74, 6) is -0.711. The van der Waals surface area contributed by atoms with E-state index in [2.05, 4.69) is 19.6 Å². The van der Waals surface area contributed by atoms with Gasteiger partial charge >= 0.3 is 5.97 Å². The molecule has 0 atom stereocenters. The largest absolute Gasteiger partial charge is 0.466 e. The molecule has 0 aromatic heterocycles. The molecule has 0 heterocycles. The smallest absolute Gasteiger partial charge is 0.306 e. The first-order valence-corrected chi connectivity index (χ1v) is 8.36. The average molecular weight is 330 g/mol. The lowest BCUT2D eigenvalue weighted by Gasteiger charge is -2.13. The molecule has 0 unspecified atom stereocenters. The first-order valence-electron chi connectivity index (χ1n) is 8.36. The SMILES string of the molecule is C=C(C)/C=C(\C=C(/F)CCC(=O)OCC)c1c(C)cccc1CC. The molecule has 1 rings (SSSR count). The number of rotatable bonds is 8. The fraction of sp³-hybridized carbons (Fsp3) is 0.381. The monoisotopic (exact) mass is 330 g/mol. The minimum atomic E-state index is -0.378. The minimum Gasteiger partial charge on any atom is -0.466 e. The zero-order valence-corrected chi connectivity index (χ0v) is 15.1. The van der Waals surface area contributed by atoms with Crippen molar-refractivity contribution >= 4 is 11.5 Å². The Kier molecular flexibility index (Phi) is 8.17. The maximum Gasteiger partial charge on any atom is 0.306 e. The van der Waals surface area contributed by atoms with Crippen molar-refractivity contribution in [3.05, 3.63) is 65.0 Å². The average Bonchev–Trinajstić information content (AvgIpc) is 2.52. The van der Waals surface area contributed by atoms with Crippen molar-refractivity contribution in [3.63, 3.8) is 0 Å². The van der Waals surface area contributed by atoms with Crippen LogP contribution >= 0.6 is 0 Å². The molecular formula is C21H27FO2. The maximum atomic E-state index is 14.3. The van der Waals surface area contributed by atoms with Gasteiger partial charge in [0.1, 0.15) is 5.83 Å². The van der Waals surface area contributed by atoms with Crippen molar-refractivity contribution in [1.29, 1.82) is 0 Å². The van der Waals surface area contributed by atoms with Crippen LogP contribution in [0.5, 0.6) is 0 Å². The lowest BCUT2D eigenvalue weighted by molar-refractivity contribution is -0.143. The van der Waals surface area contributed by atoms with E-state index in [1.807, 2.05) is 32.1 Å². The van der Waals surface area contributed by atoms with Crippen LogP contribution in [0.3, 0.4) is 0 Å². The second kappa shape index (κ2) is 9.86. The van der Waals surface area contributed by atoms with Crippen molar-refractivity contribution in [3.8, 4) is 0 Å². The van der Waals surface area contributed by atoms with Crippen LogP contribution in [0, 0.1) is 6.92 Å². The van der Waals surface area contributed by atoms with Crippen molar-refractivity contribution in [2.45, 2.75) is 47.0 Å². The van der Waals surface area contributed by atoms with Crippen LogP contribution in [0.4, 0.5) is 4.39 Å². The third-order valence-corrected chi connectivity index (χ3v) is 3.62. The van der Waals surface area contributed by atoms with Crippen molar-refractivity contribution < 1.29 is 13.9 Å². The molecule has 0 N–H and O–H groups in total. The molecule has 3 heteroatoms. The Hall–Kier alpha value is -2.16. The van der Waals surface area contributed by atoms with Gasteiger partial charge in [-0.15, -0.1) is 0 Å². The summed E-state index contributed by atoms with van der Waals surface area (Å²) in [4.78, 5) is 11.4. The summed E-state index contributed by atoms with van der Waals surface area (Å²) in [6, 6.07) is 6.08. The van der Waals surface area contributed by atoms with Gasteiger partial charge in [0.25, 0.3) is 0 Å². The lowest BCUT2D eigenvalue weighted by Crippen LogP contribution is -2.03. The summed E-state index contributed by atoms with van der Waals surface area (Å²) < 4.78 is 19.2. The van der Waals surface area contributed by atoms with Gasteiger partial charge in [-0.2, -0.15) is 0 Å². The number of esters is 1. The summed E-state index contributed by atoms with van der Waals surface area (Å²) in [6.07, 6.45) is 4.34. The molecule has 0 aliphatic heterocycles. The molecule has 0 saturated carbocycles. The Balaban J connectivity index is 3.14. The molecule has 130 valence electrons. The molecule has 0 aliphatic carbocycles. The predicted molar refractivity (Wildman–Crippen MR) is 98.4 cm³/mol. The van der Waals surface area contributed by atoms with E-state index in [9.17, 15) is 9.18 Å². The van der Waals surface area contributed by atoms with Gasteiger partial charge in [-0.1, -0.05) is 43.4 Å². The molecule has 1 aromatic carbocycles. The Bertz CT molecular complexity index is 654. The zero-order chi connectivity index (χ0) is 18.1. The van der Waals surface area contributed by atoms with Crippen molar-refractivity contribution in [1.82, 2.24) is 0 Å². The second-order valence-corrected chi connectivity index (χ2v) is 5.80. The highest BCUT2D eigenvalue weighted by Crippen LogP contribution is 2.28. The molecule has 24 heavy (non-hydrogen) atoms. The molecule has 0 saturated heterocycles. The third kappa shape index (κ3) is 6.15. The first kappa shape index (κ1) is 19.9. The molecule has 0 bridgehead atoms. The highest BCUT2D eigenvalue weighted by atomic mass is 19.1. The summed E-state index contributed by atoms with van der Waals surface area (Å²) in [6.45, 7) is 11.9. The van der Waals surface area contributed by atoms with Gasteiger partial charge in [0.05, 0.1) is 13.0 Å². The molecule has 0 radical (unpaired) electrons. The van der Waals surface area contributed by atoms with Gasteiger partial charge < -0.3 is 4.74 Å². The standard InChI is InChI=1S/C21H27FO2/c1-6-17-10-8-9-16(5)21(17)18(13-15(3)4)14-19(22)11-12-20(23)24-7-2/h8-10,13-14H,3,6-7,11-12H2,1-2,4-5H3/b18-13+,19-14-. The molecule has 0 amide bonds. The fourth-order valence-electron chi connectivity index (χ4n) is 2.58. The van der Waals surface area contributed by atoms with Crippen LogP contribution in [0.25, 0.3) is 5.57 Å². The van der Waals surface area contributed by atoms with Crippen LogP contribution in [0.1, 0.15) is 50.3 Å². The number of allylic oxidation sites excluding steroid dienone is 5. The number of ether oxygens (including phenoxy) is 1. The molecule has 1 aromatic rings. The molecule has 2 nitrogen and oxygen atoms in total. The first-order chi connectivity index (χ1) is 11.4. The van der Waals surface area contributed by atoms with E-state index >= 15 is 0 Å². The topological polar surface area (TPSA) is 26.3 Å². The fourth-order valence-corrected chi connectivity index (χ4v) is 2.58. The number of carbonyl (C=O) groups excluding carboxylic acids is 1. The van der Waals surface area contributed by atoms with Crippen LogP contribution < -0.4 is 0 Å². The van der Waals surface area contributed by atoms with Gasteiger partial charge in [0.2, 0.25) is 0 Å². The van der Waals surface area contributed by atoms with Gasteiger partial charge in [-0.25, -0.2) is 4.39 Å². The summed E-state index contributed by atoms with van der Waals surface area (Å²) in [7, 11) is 0. The summed E-state index contributed by atoms with van der Waals surface area (Å²) in [5.41, 5.74) is 4.94. The number of halogens is 1. The highest BCUT2D eigenvalue weighted by Gasteiger charge is 2.11. The summed E-state index contributed by atoms with van der Waals surface area (Å²) >= 11 is 0. The Morgan fingerprint density at radius 2 is 1.96 bits per heavy atom. The number of benzene rings is 1. The Labute approximate surface area is 144 Å². The lowest BCUT2D eigenvalue weighted by atomic mass is 9.92. The number of hydrogen-bond donors (Lipinski definition) is 0. The van der Waals surface area contributed by atoms with Gasteiger partial charge in [0, 0.05) is 6.42 Å². The second-order valence-electron chi connectivity index (χ2n) is 5.80. The molecule has 0 fully saturated rings. The van der Waals surface area contributed by atoms with E-state index in [1.165, 1.54) is 6.08 Å². The van der Waals surface area contributed by atoms with Crippen LogP contribution in [-0.2, 0) is 16.0 Å². The highest BCUT2D eigenvalue weighted by molar-refractivity contribution is 5.80. The molecule has 0 spiro atoms. The Morgan fingerprint density at radius 3 is 2.54 bits per heavy atom. The van der Waals surface area contributed by atoms with E-state index in [1.54, 1.807) is 6.92 Å². The molecule has 0 aliphatic rings. The minimum absolute atomic E-state index is 0.0414. The van der Waals surface area contributed by atoms with E-state index in [4.69, 9.17) is 4.74 Å². The van der Waals surface area contributed by atoms with Crippen molar-refractivity contribution in [2.75, 3.05) is 6.61 Å². The van der Waals surface area contributed by atoms with E-state index in [-0.39, 0.29) is 24.6 Å². The molecular weight excluding hydrogens is 303 g/mol. The Morgan fingerprint density at radius 1 is 1.25 bits per heavy atom. The van der Waals surface area contributed by atoms with Crippen LogP contribution in [0.2, 0.25) is 0 Å².